The third kappa shape index (κ3) is 8.42. The molecule has 0 saturated heterocycles. The van der Waals surface area contributed by atoms with E-state index >= 15 is 4.57 Å². The van der Waals surface area contributed by atoms with Crippen LogP contribution in [0, 0.1) is 0 Å². The number of hydrogen-bond acceptors (Lipinski definition) is 3. The summed E-state index contributed by atoms with van der Waals surface area (Å²) < 4.78 is 31.4. The number of rotatable bonds is 12. The van der Waals surface area contributed by atoms with Gasteiger partial charge in [0, 0.05) is 16.8 Å². The molecule has 2 unspecified atom stereocenters. The van der Waals surface area contributed by atoms with Gasteiger partial charge in [0.15, 0.2) is 0 Å². The highest BCUT2D eigenvalue weighted by molar-refractivity contribution is 7.78. The van der Waals surface area contributed by atoms with Gasteiger partial charge in [-0.15, -0.1) is 0 Å². The van der Waals surface area contributed by atoms with Crippen molar-refractivity contribution in [3.63, 3.8) is 0 Å². The zero-order valence-electron chi connectivity index (χ0n) is 35.6. The molecule has 1 aliphatic rings. The Morgan fingerprint density at radius 2 is 0.780 bits per heavy atom. The van der Waals surface area contributed by atoms with Crippen LogP contribution in [0.15, 0.2) is 206 Å². The summed E-state index contributed by atoms with van der Waals surface area (Å²) in [7, 11) is -9.06. The van der Waals surface area contributed by atoms with E-state index in [-0.39, 0.29) is 22.3 Å². The van der Waals surface area contributed by atoms with Crippen molar-refractivity contribution >= 4 is 55.1 Å². The van der Waals surface area contributed by atoms with Gasteiger partial charge in [-0.3, -0.25) is 0 Å². The molecular weight excluding hydrogens is 772 g/mol. The first-order valence-electron chi connectivity index (χ1n) is 20.9. The Morgan fingerprint density at radius 1 is 0.508 bits per heavy atom. The summed E-state index contributed by atoms with van der Waals surface area (Å²) in [6.07, 6.45) is 3.26. The minimum atomic E-state index is -3.03. The summed E-state index contributed by atoms with van der Waals surface area (Å²) in [5.41, 5.74) is 2.16. The molecule has 0 radical (unpaired) electrons. The van der Waals surface area contributed by atoms with Crippen molar-refractivity contribution in [2.24, 2.45) is 0 Å². The highest BCUT2D eigenvalue weighted by Gasteiger charge is 2.55. The fourth-order valence-electron chi connectivity index (χ4n) is 9.19. The lowest BCUT2D eigenvalue weighted by Crippen LogP contribution is -2.69. The van der Waals surface area contributed by atoms with E-state index < -0.39 is 23.8 Å². The molecule has 1 aliphatic carbocycles. The molecule has 302 valence electrons. The first-order chi connectivity index (χ1) is 28.3. The largest absolute Gasteiger partial charge is 0.400 e. The van der Waals surface area contributed by atoms with E-state index in [4.69, 9.17) is 15.4 Å². The molecule has 6 aromatic rings. The zero-order valence-corrected chi connectivity index (χ0v) is 38.4. The average Bonchev–Trinajstić information content (AvgIpc) is 3.26. The van der Waals surface area contributed by atoms with Gasteiger partial charge in [-0.2, -0.15) is 0 Å². The predicted molar refractivity (Wildman–Crippen MR) is 256 cm³/mol. The number of benzene rings is 6. The second kappa shape index (κ2) is 17.5. The van der Waals surface area contributed by atoms with Crippen molar-refractivity contribution in [3.05, 3.63) is 206 Å². The van der Waals surface area contributed by atoms with Gasteiger partial charge in [0.25, 0.3) is 16.6 Å². The maximum absolute atomic E-state index is 15.4. The molecule has 1 fully saturated rings. The van der Waals surface area contributed by atoms with Gasteiger partial charge >= 0.3 is 0 Å². The average molecular weight is 831 g/mol. The molecule has 6 heteroatoms. The van der Waals surface area contributed by atoms with Crippen molar-refractivity contribution in [3.8, 4) is 0 Å². The van der Waals surface area contributed by atoms with E-state index in [0.29, 0.717) is 19.0 Å². The maximum Gasteiger partial charge on any atom is 0.261 e. The van der Waals surface area contributed by atoms with Crippen molar-refractivity contribution in [2.45, 2.75) is 76.7 Å². The van der Waals surface area contributed by atoms with Crippen LogP contribution in [0.2, 0.25) is 10.1 Å². The molecule has 0 aromatic heterocycles. The van der Waals surface area contributed by atoms with E-state index in [9.17, 15) is 0 Å². The van der Waals surface area contributed by atoms with Gasteiger partial charge in [0.1, 0.15) is 7.14 Å². The van der Waals surface area contributed by atoms with Gasteiger partial charge in [-0.1, -0.05) is 242 Å². The van der Waals surface area contributed by atoms with Crippen molar-refractivity contribution in [1.29, 1.82) is 0 Å². The molecule has 1 saturated carbocycles. The summed E-state index contributed by atoms with van der Waals surface area (Å²) >= 11 is 0. The second-order valence-electron chi connectivity index (χ2n) is 18.0. The first kappa shape index (κ1) is 42.5. The molecular formula is C53H59O3PSi2. The summed E-state index contributed by atoms with van der Waals surface area (Å²) in [6, 6.07) is 63.4. The highest BCUT2D eigenvalue weighted by Crippen LogP contribution is 2.47. The Balaban J connectivity index is 1.40. The zero-order chi connectivity index (χ0) is 41.7. The van der Waals surface area contributed by atoms with Crippen LogP contribution in [-0.4, -0.2) is 35.0 Å². The van der Waals surface area contributed by atoms with Crippen LogP contribution in [-0.2, 0) is 13.4 Å². The van der Waals surface area contributed by atoms with E-state index in [1.54, 1.807) is 0 Å². The lowest BCUT2D eigenvalue weighted by molar-refractivity contribution is 0.138. The molecule has 6 aromatic carbocycles. The molecule has 3 nitrogen and oxygen atoms in total. The molecule has 0 N–H and O–H groups in total. The standard InChI is InChI=1S/C53H59O3PSi2/c1-42-50(55-58(52(2,3)4,46-30-18-10-19-31-46)47-32-20-11-21-33-47)40-43(38-39-57(54,44-26-14-8-15-27-44)45-28-16-9-17-29-45)41-51(42)56-59(53(5,6)7,48-34-22-12-23-35-48)49-36-24-13-25-37-49/h8-38,50-51H,1,39-41H2,2-7H3. The summed E-state index contributed by atoms with van der Waals surface area (Å²) in [4.78, 5) is 0. The minimum Gasteiger partial charge on any atom is -0.400 e. The molecule has 0 heterocycles. The summed E-state index contributed by atoms with van der Waals surface area (Å²) in [6.45, 7) is 18.9. The molecule has 7 rings (SSSR count). The van der Waals surface area contributed by atoms with Gasteiger partial charge in [-0.25, -0.2) is 0 Å². The Labute approximate surface area is 355 Å². The molecule has 0 spiro atoms. The molecule has 0 bridgehead atoms. The van der Waals surface area contributed by atoms with E-state index in [2.05, 4.69) is 169 Å². The van der Waals surface area contributed by atoms with Crippen LogP contribution in [0.25, 0.3) is 0 Å². The summed E-state index contributed by atoms with van der Waals surface area (Å²) in [5.74, 6) is 0. The molecule has 0 aliphatic heterocycles. The van der Waals surface area contributed by atoms with Crippen LogP contribution < -0.4 is 31.4 Å². The van der Waals surface area contributed by atoms with E-state index in [0.717, 1.165) is 16.2 Å². The smallest absolute Gasteiger partial charge is 0.261 e. The molecule has 59 heavy (non-hydrogen) atoms. The second-order valence-corrected chi connectivity index (χ2v) is 29.4. The lowest BCUT2D eigenvalue weighted by Gasteiger charge is -2.50. The van der Waals surface area contributed by atoms with Crippen molar-refractivity contribution in [2.75, 3.05) is 6.16 Å². The lowest BCUT2D eigenvalue weighted by atomic mass is 9.86. The third-order valence-electron chi connectivity index (χ3n) is 12.2. The number of hydrogen-bond donors (Lipinski definition) is 0. The van der Waals surface area contributed by atoms with Gasteiger partial charge in [0.05, 0.1) is 12.2 Å². The normalized spacial score (nSPS) is 16.8. The highest BCUT2D eigenvalue weighted by atomic mass is 31.2. The Hall–Kier alpha value is -4.62. The fraction of sp³-hybridized carbons (Fsp3) is 0.245. The van der Waals surface area contributed by atoms with Crippen LogP contribution in [0.4, 0.5) is 0 Å². The predicted octanol–water partition coefficient (Wildman–Crippen LogP) is 10.2. The van der Waals surface area contributed by atoms with Crippen LogP contribution in [0.1, 0.15) is 54.4 Å². The topological polar surface area (TPSA) is 35.5 Å². The summed E-state index contributed by atoms with van der Waals surface area (Å²) in [5, 5.41) is 6.17. The van der Waals surface area contributed by atoms with E-state index in [1.807, 2.05) is 60.7 Å². The van der Waals surface area contributed by atoms with E-state index in [1.165, 1.54) is 26.3 Å². The van der Waals surface area contributed by atoms with Gasteiger partial charge in [0.2, 0.25) is 0 Å². The van der Waals surface area contributed by atoms with Gasteiger partial charge < -0.3 is 13.4 Å². The Bertz CT molecular complexity index is 2130. The fourth-order valence-corrected chi connectivity index (χ4v) is 21.1. The van der Waals surface area contributed by atoms with Crippen LogP contribution in [0.3, 0.4) is 0 Å². The molecule has 2 atom stereocenters. The van der Waals surface area contributed by atoms with Crippen molar-refractivity contribution in [1.82, 2.24) is 0 Å². The third-order valence-corrected chi connectivity index (χ3v) is 25.2. The van der Waals surface area contributed by atoms with Crippen LogP contribution >= 0.6 is 7.14 Å². The van der Waals surface area contributed by atoms with Gasteiger partial charge in [-0.05, 0) is 49.2 Å². The first-order valence-corrected chi connectivity index (χ1v) is 26.6. The monoisotopic (exact) mass is 830 g/mol. The maximum atomic E-state index is 15.4. The quantitative estimate of drug-likeness (QED) is 0.0700. The molecule has 0 amide bonds. The Kier molecular flexibility index (Phi) is 12.6. The minimum absolute atomic E-state index is 0.234. The SMILES string of the molecule is C=C1C(O[Si](c2ccccc2)(c2ccccc2)C(C)(C)C)CC(=CCP(=O)(c2ccccc2)c2ccccc2)CC1O[Si](c1ccccc1)(c1ccccc1)C(C)(C)C. The number of allylic oxidation sites excluding steroid dienone is 1. The van der Waals surface area contributed by atoms with Crippen molar-refractivity contribution < 1.29 is 13.4 Å². The Morgan fingerprint density at radius 3 is 1.05 bits per heavy atom. The van der Waals surface area contributed by atoms with Crippen LogP contribution in [0.5, 0.6) is 0 Å².